The maximum atomic E-state index is 13.1. The summed E-state index contributed by atoms with van der Waals surface area (Å²) in [6.45, 7) is 0.133. The molecule has 2 rings (SSSR count). The number of sulfonamides is 1. The number of amides is 1. The molecule has 0 spiro atoms. The fraction of sp³-hybridized carbons (Fsp3) is 0.235. The molecule has 0 fully saturated rings. The van der Waals surface area contributed by atoms with Crippen molar-refractivity contribution in [2.24, 2.45) is 0 Å². The average Bonchev–Trinajstić information content (AvgIpc) is 2.55. The van der Waals surface area contributed by atoms with E-state index in [0.717, 1.165) is 18.4 Å². The van der Waals surface area contributed by atoms with Gasteiger partial charge < -0.3 is 5.32 Å². The first kappa shape index (κ1) is 18.9. The fourth-order valence-electron chi connectivity index (χ4n) is 2.26. The Labute approximate surface area is 145 Å². The van der Waals surface area contributed by atoms with E-state index < -0.39 is 27.6 Å². The van der Waals surface area contributed by atoms with Crippen LogP contribution in [0.4, 0.5) is 20.2 Å². The number of carbonyl (C=O) groups is 1. The standard InChI is InChI=1S/C17H18F2N2O3S/c1-25(23,24)21(14-6-3-2-4-7-14)11-5-8-17(22)20-13-9-10-15(18)16(19)12-13/h2-4,6-7,9-10,12H,5,8,11H2,1H3,(H,20,22). The first-order valence-electron chi connectivity index (χ1n) is 7.55. The Kier molecular flexibility index (Phi) is 6.08. The van der Waals surface area contributed by atoms with Crippen LogP contribution in [0.2, 0.25) is 0 Å². The minimum atomic E-state index is -3.47. The van der Waals surface area contributed by atoms with Gasteiger partial charge in [-0.2, -0.15) is 0 Å². The summed E-state index contributed by atoms with van der Waals surface area (Å²) < 4.78 is 51.0. The summed E-state index contributed by atoms with van der Waals surface area (Å²) in [5, 5.41) is 2.45. The third-order valence-electron chi connectivity index (χ3n) is 3.41. The van der Waals surface area contributed by atoms with Crippen molar-refractivity contribution in [2.75, 3.05) is 22.4 Å². The van der Waals surface area contributed by atoms with E-state index in [-0.39, 0.29) is 25.1 Å². The maximum Gasteiger partial charge on any atom is 0.232 e. The molecule has 0 bridgehead atoms. The van der Waals surface area contributed by atoms with E-state index in [1.807, 2.05) is 0 Å². The first-order valence-corrected chi connectivity index (χ1v) is 9.40. The molecule has 2 aromatic carbocycles. The summed E-state index contributed by atoms with van der Waals surface area (Å²) in [5.74, 6) is -2.46. The molecule has 0 heterocycles. The molecule has 1 N–H and O–H groups in total. The molecular weight excluding hydrogens is 350 g/mol. The molecule has 0 aliphatic carbocycles. The molecule has 134 valence electrons. The minimum absolute atomic E-state index is 0.0395. The lowest BCUT2D eigenvalue weighted by Crippen LogP contribution is -2.31. The summed E-state index contributed by atoms with van der Waals surface area (Å²) in [7, 11) is -3.47. The Balaban J connectivity index is 1.93. The van der Waals surface area contributed by atoms with Crippen molar-refractivity contribution in [3.63, 3.8) is 0 Å². The Morgan fingerprint density at radius 1 is 1.08 bits per heavy atom. The van der Waals surface area contributed by atoms with Crippen LogP contribution in [-0.4, -0.2) is 27.1 Å². The van der Waals surface area contributed by atoms with E-state index in [4.69, 9.17) is 0 Å². The van der Waals surface area contributed by atoms with Gasteiger partial charge in [-0.1, -0.05) is 18.2 Å². The quantitative estimate of drug-likeness (QED) is 0.816. The van der Waals surface area contributed by atoms with Gasteiger partial charge in [0.25, 0.3) is 0 Å². The molecule has 0 aliphatic rings. The molecule has 0 aliphatic heterocycles. The van der Waals surface area contributed by atoms with Crippen molar-refractivity contribution in [2.45, 2.75) is 12.8 Å². The van der Waals surface area contributed by atoms with Crippen molar-refractivity contribution < 1.29 is 22.0 Å². The second kappa shape index (κ2) is 8.06. The zero-order chi connectivity index (χ0) is 18.4. The lowest BCUT2D eigenvalue weighted by molar-refractivity contribution is -0.116. The Morgan fingerprint density at radius 2 is 1.76 bits per heavy atom. The molecule has 0 unspecified atom stereocenters. The largest absolute Gasteiger partial charge is 0.326 e. The summed E-state index contributed by atoms with van der Waals surface area (Å²) in [4.78, 5) is 11.9. The van der Waals surface area contributed by atoms with Gasteiger partial charge in [-0.15, -0.1) is 0 Å². The number of para-hydroxylation sites is 1. The number of halogens is 2. The number of carbonyl (C=O) groups excluding carboxylic acids is 1. The normalized spacial score (nSPS) is 11.2. The third kappa shape index (κ3) is 5.53. The molecular formula is C17H18F2N2O3S. The van der Waals surface area contributed by atoms with Crippen LogP contribution in [-0.2, 0) is 14.8 Å². The molecule has 1 amide bonds. The van der Waals surface area contributed by atoms with E-state index >= 15 is 0 Å². The van der Waals surface area contributed by atoms with Gasteiger partial charge in [0.1, 0.15) is 0 Å². The average molecular weight is 368 g/mol. The molecule has 25 heavy (non-hydrogen) atoms. The summed E-state index contributed by atoms with van der Waals surface area (Å²) in [6.07, 6.45) is 1.41. The van der Waals surface area contributed by atoms with E-state index in [2.05, 4.69) is 5.32 Å². The second-order valence-electron chi connectivity index (χ2n) is 5.45. The number of hydrogen-bond acceptors (Lipinski definition) is 3. The van der Waals surface area contributed by atoms with Crippen LogP contribution < -0.4 is 9.62 Å². The van der Waals surface area contributed by atoms with Crippen LogP contribution in [0.25, 0.3) is 0 Å². The number of hydrogen-bond donors (Lipinski definition) is 1. The lowest BCUT2D eigenvalue weighted by atomic mass is 10.2. The monoisotopic (exact) mass is 368 g/mol. The number of benzene rings is 2. The van der Waals surface area contributed by atoms with Crippen LogP contribution in [0.1, 0.15) is 12.8 Å². The van der Waals surface area contributed by atoms with Gasteiger partial charge in [0.2, 0.25) is 15.9 Å². The SMILES string of the molecule is CS(=O)(=O)N(CCCC(=O)Nc1ccc(F)c(F)c1)c1ccccc1. The van der Waals surface area contributed by atoms with E-state index in [0.29, 0.717) is 5.69 Å². The summed E-state index contributed by atoms with van der Waals surface area (Å²) in [6, 6.07) is 11.6. The van der Waals surface area contributed by atoms with E-state index in [9.17, 15) is 22.0 Å². The van der Waals surface area contributed by atoms with Crippen molar-refractivity contribution in [1.29, 1.82) is 0 Å². The third-order valence-corrected chi connectivity index (χ3v) is 4.61. The highest BCUT2D eigenvalue weighted by atomic mass is 32.2. The molecule has 0 saturated carbocycles. The zero-order valence-electron chi connectivity index (χ0n) is 13.6. The first-order chi connectivity index (χ1) is 11.8. The van der Waals surface area contributed by atoms with Crippen molar-refractivity contribution in [1.82, 2.24) is 0 Å². The minimum Gasteiger partial charge on any atom is -0.326 e. The number of anilines is 2. The second-order valence-corrected chi connectivity index (χ2v) is 7.36. The Bertz CT molecular complexity index is 842. The molecule has 2 aromatic rings. The van der Waals surface area contributed by atoms with Crippen LogP contribution in [0.15, 0.2) is 48.5 Å². The fourth-order valence-corrected chi connectivity index (χ4v) is 3.23. The highest BCUT2D eigenvalue weighted by Gasteiger charge is 2.17. The lowest BCUT2D eigenvalue weighted by Gasteiger charge is -2.22. The van der Waals surface area contributed by atoms with Gasteiger partial charge in [0.15, 0.2) is 11.6 Å². The highest BCUT2D eigenvalue weighted by molar-refractivity contribution is 7.92. The van der Waals surface area contributed by atoms with Gasteiger partial charge in [-0.3, -0.25) is 9.10 Å². The van der Waals surface area contributed by atoms with Gasteiger partial charge in [0, 0.05) is 24.7 Å². The number of nitrogens with one attached hydrogen (secondary N) is 1. The van der Waals surface area contributed by atoms with Crippen molar-refractivity contribution in [3.05, 3.63) is 60.2 Å². The van der Waals surface area contributed by atoms with Crippen LogP contribution in [0, 0.1) is 11.6 Å². The van der Waals surface area contributed by atoms with Crippen LogP contribution in [0.3, 0.4) is 0 Å². The smallest absolute Gasteiger partial charge is 0.232 e. The molecule has 8 heteroatoms. The Hall–Kier alpha value is -2.48. The molecule has 5 nitrogen and oxygen atoms in total. The predicted octanol–water partition coefficient (Wildman–Crippen LogP) is 3.15. The number of nitrogens with zero attached hydrogens (tertiary/aromatic N) is 1. The van der Waals surface area contributed by atoms with Gasteiger partial charge in [-0.25, -0.2) is 17.2 Å². The molecule has 0 aromatic heterocycles. The van der Waals surface area contributed by atoms with Gasteiger partial charge in [0.05, 0.1) is 11.9 Å². The van der Waals surface area contributed by atoms with Crippen molar-refractivity contribution in [3.8, 4) is 0 Å². The molecule has 0 atom stereocenters. The van der Waals surface area contributed by atoms with Crippen LogP contribution >= 0.6 is 0 Å². The highest BCUT2D eigenvalue weighted by Crippen LogP contribution is 2.18. The van der Waals surface area contributed by atoms with E-state index in [1.165, 1.54) is 10.4 Å². The van der Waals surface area contributed by atoms with Crippen LogP contribution in [0.5, 0.6) is 0 Å². The molecule has 0 radical (unpaired) electrons. The predicted molar refractivity (Wildman–Crippen MR) is 92.9 cm³/mol. The van der Waals surface area contributed by atoms with Gasteiger partial charge in [-0.05, 0) is 30.7 Å². The maximum absolute atomic E-state index is 13.1. The van der Waals surface area contributed by atoms with E-state index in [1.54, 1.807) is 30.3 Å². The summed E-state index contributed by atoms with van der Waals surface area (Å²) >= 11 is 0. The summed E-state index contributed by atoms with van der Waals surface area (Å²) in [5.41, 5.74) is 0.665. The van der Waals surface area contributed by atoms with Crippen molar-refractivity contribution >= 4 is 27.3 Å². The topological polar surface area (TPSA) is 66.5 Å². The Morgan fingerprint density at radius 3 is 2.36 bits per heavy atom. The zero-order valence-corrected chi connectivity index (χ0v) is 14.4. The molecule has 0 saturated heterocycles. The number of rotatable bonds is 7. The van der Waals surface area contributed by atoms with Gasteiger partial charge >= 0.3 is 0 Å².